The molecule has 0 fully saturated rings. The van der Waals surface area contributed by atoms with Crippen LogP contribution in [0, 0.1) is 0 Å². The monoisotopic (exact) mass is 350 g/mol. The quantitative estimate of drug-likeness (QED) is 0.575. The number of ether oxygens (including phenoxy) is 1. The van der Waals surface area contributed by atoms with E-state index in [4.69, 9.17) is 20.8 Å². The minimum atomic E-state index is -0.0502. The van der Waals surface area contributed by atoms with Gasteiger partial charge in [-0.1, -0.05) is 46.3 Å². The molecule has 0 aliphatic heterocycles. The van der Waals surface area contributed by atoms with Gasteiger partial charge < -0.3 is 9.15 Å². The first kappa shape index (κ1) is 13.5. The summed E-state index contributed by atoms with van der Waals surface area (Å²) in [4.78, 5) is -0.0502. The third-order valence-electron chi connectivity index (χ3n) is 3.25. The summed E-state index contributed by atoms with van der Waals surface area (Å²) in [5.74, 6) is 1.65. The molecular formula is C16H12BrClO2. The van der Waals surface area contributed by atoms with Crippen LogP contribution < -0.4 is 4.74 Å². The molecule has 102 valence electrons. The van der Waals surface area contributed by atoms with Crippen LogP contribution in [0.3, 0.4) is 0 Å². The second-order valence-electron chi connectivity index (χ2n) is 4.41. The molecule has 20 heavy (non-hydrogen) atoms. The maximum Gasteiger partial charge on any atom is 0.193 e. The van der Waals surface area contributed by atoms with Crippen molar-refractivity contribution in [3.8, 4) is 5.75 Å². The minimum Gasteiger partial charge on any atom is -0.496 e. The molecule has 0 spiro atoms. The van der Waals surface area contributed by atoms with Gasteiger partial charge in [-0.3, -0.25) is 0 Å². The van der Waals surface area contributed by atoms with Crippen molar-refractivity contribution < 1.29 is 9.15 Å². The Bertz CT molecular complexity index is 751. The minimum absolute atomic E-state index is 0.0502. The van der Waals surface area contributed by atoms with Crippen LogP contribution in [0.25, 0.3) is 10.8 Å². The van der Waals surface area contributed by atoms with E-state index in [0.717, 1.165) is 27.8 Å². The predicted octanol–water partition coefficient (Wildman–Crippen LogP) is 5.58. The Balaban J connectivity index is 2.17. The fraction of sp³-hybridized carbons (Fsp3) is 0.125. The van der Waals surface area contributed by atoms with Gasteiger partial charge in [-0.25, -0.2) is 0 Å². The predicted molar refractivity (Wildman–Crippen MR) is 85.0 cm³/mol. The summed E-state index contributed by atoms with van der Waals surface area (Å²) in [6.45, 7) is 0. The lowest BCUT2D eigenvalue weighted by molar-refractivity contribution is 0.419. The lowest BCUT2D eigenvalue weighted by Gasteiger charge is -2.13. The molecule has 0 saturated heterocycles. The summed E-state index contributed by atoms with van der Waals surface area (Å²) in [5.41, 5.74) is 1.12. The van der Waals surface area contributed by atoms with E-state index in [-0.39, 0.29) is 4.83 Å². The van der Waals surface area contributed by atoms with Crippen LogP contribution in [0.4, 0.5) is 0 Å². The largest absolute Gasteiger partial charge is 0.496 e. The average molecular weight is 352 g/mol. The molecule has 1 unspecified atom stereocenters. The Hall–Kier alpha value is -1.45. The standard InChI is InChI=1S/C16H12BrClO2/c1-19-13-7-6-12(10-4-2-3-5-11(10)13)16(17)14-8-9-15(18)20-14/h2-9,16H,1H3. The molecule has 0 bridgehead atoms. The first-order valence-electron chi connectivity index (χ1n) is 6.15. The van der Waals surface area contributed by atoms with Gasteiger partial charge in [0, 0.05) is 5.39 Å². The lowest BCUT2D eigenvalue weighted by atomic mass is 10.0. The summed E-state index contributed by atoms with van der Waals surface area (Å²) in [7, 11) is 1.68. The van der Waals surface area contributed by atoms with Gasteiger partial charge in [-0.2, -0.15) is 0 Å². The Morgan fingerprint density at radius 2 is 1.80 bits per heavy atom. The van der Waals surface area contributed by atoms with Crippen molar-refractivity contribution in [1.29, 1.82) is 0 Å². The summed E-state index contributed by atoms with van der Waals surface area (Å²) in [5, 5.41) is 2.60. The summed E-state index contributed by atoms with van der Waals surface area (Å²) < 4.78 is 10.9. The second kappa shape index (κ2) is 5.51. The van der Waals surface area contributed by atoms with Gasteiger partial charge in [-0.05, 0) is 40.7 Å². The van der Waals surface area contributed by atoms with Gasteiger partial charge in [-0.15, -0.1) is 0 Å². The summed E-state index contributed by atoms with van der Waals surface area (Å²) >= 11 is 9.53. The fourth-order valence-corrected chi connectivity index (χ4v) is 3.11. The van der Waals surface area contributed by atoms with E-state index in [0.29, 0.717) is 5.22 Å². The topological polar surface area (TPSA) is 22.4 Å². The van der Waals surface area contributed by atoms with Gasteiger partial charge >= 0.3 is 0 Å². The van der Waals surface area contributed by atoms with Crippen molar-refractivity contribution in [2.45, 2.75) is 4.83 Å². The van der Waals surface area contributed by atoms with Gasteiger partial charge in [0.15, 0.2) is 5.22 Å². The number of hydrogen-bond acceptors (Lipinski definition) is 2. The molecule has 4 heteroatoms. The van der Waals surface area contributed by atoms with E-state index in [1.54, 1.807) is 13.2 Å². The van der Waals surface area contributed by atoms with E-state index in [1.807, 2.05) is 36.4 Å². The maximum absolute atomic E-state index is 5.85. The third-order valence-corrected chi connectivity index (χ3v) is 4.40. The first-order chi connectivity index (χ1) is 9.70. The Labute approximate surface area is 130 Å². The number of halogens is 2. The van der Waals surface area contributed by atoms with E-state index in [9.17, 15) is 0 Å². The normalized spacial score (nSPS) is 12.6. The highest BCUT2D eigenvalue weighted by Gasteiger charge is 2.18. The van der Waals surface area contributed by atoms with Crippen molar-refractivity contribution >= 4 is 38.3 Å². The number of alkyl halides is 1. The van der Waals surface area contributed by atoms with Gasteiger partial charge in [0.05, 0.1) is 11.9 Å². The van der Waals surface area contributed by atoms with Crippen molar-refractivity contribution in [1.82, 2.24) is 0 Å². The molecule has 2 aromatic carbocycles. The van der Waals surface area contributed by atoms with Crippen LogP contribution in [0.1, 0.15) is 16.2 Å². The van der Waals surface area contributed by atoms with Gasteiger partial charge in [0.25, 0.3) is 0 Å². The van der Waals surface area contributed by atoms with Crippen LogP contribution in [0.15, 0.2) is 52.9 Å². The smallest absolute Gasteiger partial charge is 0.193 e. The van der Waals surface area contributed by atoms with E-state index in [2.05, 4.69) is 22.0 Å². The molecule has 1 aromatic heterocycles. The highest BCUT2D eigenvalue weighted by molar-refractivity contribution is 9.09. The number of fused-ring (bicyclic) bond motifs is 1. The molecule has 0 aliphatic carbocycles. The van der Waals surface area contributed by atoms with Crippen LogP contribution >= 0.6 is 27.5 Å². The molecule has 1 atom stereocenters. The third kappa shape index (κ3) is 2.32. The molecule has 3 aromatic rings. The molecule has 0 radical (unpaired) electrons. The number of rotatable bonds is 3. The first-order valence-corrected chi connectivity index (χ1v) is 7.45. The molecule has 0 N–H and O–H groups in total. The summed E-state index contributed by atoms with van der Waals surface area (Å²) in [6.07, 6.45) is 0. The van der Waals surface area contributed by atoms with Gasteiger partial charge in [0.2, 0.25) is 0 Å². The van der Waals surface area contributed by atoms with Crippen LogP contribution in [-0.4, -0.2) is 7.11 Å². The SMILES string of the molecule is COc1ccc(C(Br)c2ccc(Cl)o2)c2ccccc12. The zero-order valence-electron chi connectivity index (χ0n) is 10.8. The molecule has 0 aliphatic rings. The second-order valence-corrected chi connectivity index (χ2v) is 5.70. The molecule has 0 amide bonds. The maximum atomic E-state index is 5.85. The lowest BCUT2D eigenvalue weighted by Crippen LogP contribution is -1.94. The fourth-order valence-electron chi connectivity index (χ4n) is 2.31. The highest BCUT2D eigenvalue weighted by Crippen LogP contribution is 2.39. The van der Waals surface area contributed by atoms with E-state index < -0.39 is 0 Å². The van der Waals surface area contributed by atoms with E-state index >= 15 is 0 Å². The Morgan fingerprint density at radius 3 is 2.45 bits per heavy atom. The number of benzene rings is 2. The van der Waals surface area contributed by atoms with Crippen molar-refractivity contribution in [3.63, 3.8) is 0 Å². The van der Waals surface area contributed by atoms with Crippen molar-refractivity contribution in [2.75, 3.05) is 7.11 Å². The molecule has 2 nitrogen and oxygen atoms in total. The Morgan fingerprint density at radius 1 is 1.05 bits per heavy atom. The molecular weight excluding hydrogens is 340 g/mol. The highest BCUT2D eigenvalue weighted by atomic mass is 79.9. The number of hydrogen-bond donors (Lipinski definition) is 0. The number of furan rings is 1. The summed E-state index contributed by atoms with van der Waals surface area (Å²) in [6, 6.07) is 15.8. The van der Waals surface area contributed by atoms with Crippen molar-refractivity contribution in [2.24, 2.45) is 0 Å². The van der Waals surface area contributed by atoms with Gasteiger partial charge in [0.1, 0.15) is 11.5 Å². The zero-order chi connectivity index (χ0) is 14.1. The average Bonchev–Trinajstić information content (AvgIpc) is 2.92. The van der Waals surface area contributed by atoms with Crippen LogP contribution in [0.5, 0.6) is 5.75 Å². The van der Waals surface area contributed by atoms with Crippen LogP contribution in [0.2, 0.25) is 5.22 Å². The zero-order valence-corrected chi connectivity index (χ0v) is 13.1. The molecule has 0 saturated carbocycles. The number of methoxy groups -OCH3 is 1. The Kier molecular flexibility index (Phi) is 3.72. The molecule has 1 heterocycles. The molecule has 3 rings (SSSR count). The van der Waals surface area contributed by atoms with Crippen LogP contribution in [-0.2, 0) is 0 Å². The van der Waals surface area contributed by atoms with Crippen molar-refractivity contribution in [3.05, 3.63) is 65.1 Å². The van der Waals surface area contributed by atoms with E-state index in [1.165, 1.54) is 0 Å².